The van der Waals surface area contributed by atoms with E-state index in [0.29, 0.717) is 18.0 Å². The second kappa shape index (κ2) is 6.43. The Kier molecular flexibility index (Phi) is 4.83. The predicted molar refractivity (Wildman–Crippen MR) is 81.0 cm³/mol. The average Bonchev–Trinajstić information content (AvgIpc) is 2.45. The van der Waals surface area contributed by atoms with E-state index in [0.717, 1.165) is 25.9 Å². The summed E-state index contributed by atoms with van der Waals surface area (Å²) in [6.45, 7) is 2.36. The molecule has 0 saturated carbocycles. The van der Waals surface area contributed by atoms with Gasteiger partial charge in [-0.2, -0.15) is 5.26 Å². The molecule has 21 heavy (non-hydrogen) atoms. The van der Waals surface area contributed by atoms with Crippen LogP contribution < -0.4 is 10.5 Å². The van der Waals surface area contributed by atoms with Crippen molar-refractivity contribution in [3.05, 3.63) is 23.8 Å². The van der Waals surface area contributed by atoms with Crippen LogP contribution in [0.5, 0.6) is 0 Å². The number of nitrogens with one attached hydrogen (secondary N) is 1. The SMILES string of the molecule is CN1CCCC(CNS(=O)(=O)c2ccc(C#N)cc2N)C1. The third kappa shape index (κ3) is 3.94. The lowest BCUT2D eigenvalue weighted by atomic mass is 9.99. The Labute approximate surface area is 125 Å². The number of benzene rings is 1. The summed E-state index contributed by atoms with van der Waals surface area (Å²) in [5.41, 5.74) is 6.18. The molecule has 0 aromatic heterocycles. The van der Waals surface area contributed by atoms with Crippen molar-refractivity contribution in [3.8, 4) is 6.07 Å². The lowest BCUT2D eigenvalue weighted by Gasteiger charge is -2.29. The Morgan fingerprint density at radius 1 is 1.52 bits per heavy atom. The number of hydrogen-bond donors (Lipinski definition) is 2. The summed E-state index contributed by atoms with van der Waals surface area (Å²) in [6.07, 6.45) is 2.11. The lowest BCUT2D eigenvalue weighted by molar-refractivity contribution is 0.211. The Bertz CT molecular complexity index is 651. The molecule has 0 aliphatic carbocycles. The molecule has 6 nitrogen and oxygen atoms in total. The van der Waals surface area contributed by atoms with Gasteiger partial charge in [0, 0.05) is 13.1 Å². The molecule has 1 aliphatic rings. The Morgan fingerprint density at radius 2 is 2.29 bits per heavy atom. The van der Waals surface area contributed by atoms with Gasteiger partial charge in [-0.25, -0.2) is 13.1 Å². The van der Waals surface area contributed by atoms with Gasteiger partial charge in [0.2, 0.25) is 10.0 Å². The van der Waals surface area contributed by atoms with Gasteiger partial charge < -0.3 is 10.6 Å². The highest BCUT2D eigenvalue weighted by atomic mass is 32.2. The first-order valence-corrected chi connectivity index (χ1v) is 8.38. The Balaban J connectivity index is 2.06. The van der Waals surface area contributed by atoms with Crippen molar-refractivity contribution in [1.82, 2.24) is 9.62 Å². The molecule has 1 aromatic rings. The zero-order valence-electron chi connectivity index (χ0n) is 12.0. The minimum Gasteiger partial charge on any atom is -0.398 e. The third-order valence-electron chi connectivity index (χ3n) is 3.71. The van der Waals surface area contributed by atoms with E-state index in [1.807, 2.05) is 13.1 Å². The molecule has 0 amide bonds. The largest absolute Gasteiger partial charge is 0.398 e. The van der Waals surface area contributed by atoms with Gasteiger partial charge in [-0.1, -0.05) is 0 Å². The fourth-order valence-electron chi connectivity index (χ4n) is 2.61. The molecule has 0 radical (unpaired) electrons. The summed E-state index contributed by atoms with van der Waals surface area (Å²) in [5.74, 6) is 0.318. The topological polar surface area (TPSA) is 99.2 Å². The fourth-order valence-corrected chi connectivity index (χ4v) is 3.83. The van der Waals surface area contributed by atoms with Gasteiger partial charge in [-0.15, -0.1) is 0 Å². The predicted octanol–water partition coefficient (Wildman–Crippen LogP) is 0.761. The number of rotatable bonds is 4. The summed E-state index contributed by atoms with van der Waals surface area (Å²) in [7, 11) is -1.59. The van der Waals surface area contributed by atoms with Crippen molar-refractivity contribution in [2.24, 2.45) is 5.92 Å². The first-order valence-electron chi connectivity index (χ1n) is 6.90. The van der Waals surface area contributed by atoms with E-state index >= 15 is 0 Å². The number of nitrogen functional groups attached to an aromatic ring is 1. The van der Waals surface area contributed by atoms with E-state index in [1.165, 1.54) is 18.2 Å². The number of anilines is 1. The van der Waals surface area contributed by atoms with Gasteiger partial charge in [0.25, 0.3) is 0 Å². The fraction of sp³-hybridized carbons (Fsp3) is 0.500. The highest BCUT2D eigenvalue weighted by Gasteiger charge is 2.22. The second-order valence-electron chi connectivity index (χ2n) is 5.49. The first kappa shape index (κ1) is 15.8. The summed E-state index contributed by atoms with van der Waals surface area (Å²) < 4.78 is 27.2. The highest BCUT2D eigenvalue weighted by Crippen LogP contribution is 2.20. The van der Waals surface area contributed by atoms with Crippen LogP contribution in [-0.2, 0) is 10.0 Å². The van der Waals surface area contributed by atoms with Crippen LogP contribution in [0.4, 0.5) is 5.69 Å². The average molecular weight is 308 g/mol. The molecule has 7 heteroatoms. The van der Waals surface area contributed by atoms with Gasteiger partial charge in [0.05, 0.1) is 17.3 Å². The highest BCUT2D eigenvalue weighted by molar-refractivity contribution is 7.89. The van der Waals surface area contributed by atoms with Gasteiger partial charge in [0.1, 0.15) is 4.90 Å². The van der Waals surface area contributed by atoms with Crippen molar-refractivity contribution < 1.29 is 8.42 Å². The normalized spacial score (nSPS) is 20.1. The number of nitriles is 1. The van der Waals surface area contributed by atoms with E-state index < -0.39 is 10.0 Å². The standard InChI is InChI=1S/C14H20N4O2S/c1-18-6-2-3-12(10-18)9-17-21(19,20)14-5-4-11(8-15)7-13(14)16/h4-5,7,12,17H,2-3,6,9-10,16H2,1H3. The van der Waals surface area contributed by atoms with E-state index in [4.69, 9.17) is 11.0 Å². The zero-order valence-corrected chi connectivity index (χ0v) is 12.9. The summed E-state index contributed by atoms with van der Waals surface area (Å²) in [5, 5.41) is 8.78. The van der Waals surface area contributed by atoms with Crippen LogP contribution in [0.15, 0.2) is 23.1 Å². The molecule has 3 N–H and O–H groups in total. The van der Waals surface area contributed by atoms with E-state index in [2.05, 4.69) is 9.62 Å². The van der Waals surface area contributed by atoms with Crippen LogP contribution in [0.2, 0.25) is 0 Å². The summed E-state index contributed by atoms with van der Waals surface area (Å²) in [6, 6.07) is 6.15. The maximum Gasteiger partial charge on any atom is 0.242 e. The molecule has 1 aromatic carbocycles. The summed E-state index contributed by atoms with van der Waals surface area (Å²) >= 11 is 0. The van der Waals surface area contributed by atoms with Gasteiger partial charge >= 0.3 is 0 Å². The van der Waals surface area contributed by atoms with E-state index in [1.54, 1.807) is 0 Å². The first-order chi connectivity index (χ1) is 9.92. The molecule has 0 bridgehead atoms. The van der Waals surface area contributed by atoms with Crippen LogP contribution in [0.1, 0.15) is 18.4 Å². The van der Waals surface area contributed by atoms with Crippen molar-refractivity contribution >= 4 is 15.7 Å². The maximum absolute atomic E-state index is 12.3. The minimum atomic E-state index is -3.64. The lowest BCUT2D eigenvalue weighted by Crippen LogP contribution is -2.39. The molecule has 1 saturated heterocycles. The smallest absolute Gasteiger partial charge is 0.242 e. The number of nitrogens with zero attached hydrogens (tertiary/aromatic N) is 2. The third-order valence-corrected chi connectivity index (χ3v) is 5.21. The van der Waals surface area contributed by atoms with Gasteiger partial charge in [-0.05, 0) is 50.6 Å². The number of nitrogens with two attached hydrogens (primary N) is 1. The van der Waals surface area contributed by atoms with Crippen LogP contribution >= 0.6 is 0 Å². The van der Waals surface area contributed by atoms with Crippen molar-refractivity contribution in [2.45, 2.75) is 17.7 Å². The molecule has 1 heterocycles. The molecule has 2 rings (SSSR count). The second-order valence-corrected chi connectivity index (χ2v) is 7.22. The van der Waals surface area contributed by atoms with Crippen LogP contribution in [0.3, 0.4) is 0 Å². The maximum atomic E-state index is 12.3. The van der Waals surface area contributed by atoms with Crippen LogP contribution in [0.25, 0.3) is 0 Å². The Morgan fingerprint density at radius 3 is 2.90 bits per heavy atom. The number of piperidine rings is 1. The van der Waals surface area contributed by atoms with Crippen LogP contribution in [-0.4, -0.2) is 40.0 Å². The molecule has 1 fully saturated rings. The van der Waals surface area contributed by atoms with Gasteiger partial charge in [0.15, 0.2) is 0 Å². The number of hydrogen-bond acceptors (Lipinski definition) is 5. The zero-order chi connectivity index (χ0) is 15.5. The van der Waals surface area contributed by atoms with Crippen molar-refractivity contribution in [1.29, 1.82) is 5.26 Å². The molecule has 1 atom stereocenters. The minimum absolute atomic E-state index is 0.0330. The summed E-state index contributed by atoms with van der Waals surface area (Å²) in [4.78, 5) is 2.24. The molecular formula is C14H20N4O2S. The monoisotopic (exact) mass is 308 g/mol. The molecule has 114 valence electrons. The van der Waals surface area contributed by atoms with E-state index in [-0.39, 0.29) is 10.6 Å². The van der Waals surface area contributed by atoms with Crippen molar-refractivity contribution in [2.75, 3.05) is 32.4 Å². The quantitative estimate of drug-likeness (QED) is 0.800. The van der Waals surface area contributed by atoms with E-state index in [9.17, 15) is 8.42 Å². The van der Waals surface area contributed by atoms with Crippen molar-refractivity contribution in [3.63, 3.8) is 0 Å². The number of sulfonamides is 1. The molecule has 1 aliphatic heterocycles. The van der Waals surface area contributed by atoms with Crippen LogP contribution in [0, 0.1) is 17.2 Å². The Hall–Kier alpha value is -1.62. The number of likely N-dealkylation sites (tertiary alicyclic amines) is 1. The molecule has 0 spiro atoms. The molecule has 1 unspecified atom stereocenters. The molecular weight excluding hydrogens is 288 g/mol. The van der Waals surface area contributed by atoms with Gasteiger partial charge in [-0.3, -0.25) is 0 Å².